The monoisotopic (exact) mass is 170 g/mol. The summed E-state index contributed by atoms with van der Waals surface area (Å²) in [5, 5.41) is 3.04. The van der Waals surface area contributed by atoms with Gasteiger partial charge >= 0.3 is 0 Å². The third-order valence-corrected chi connectivity index (χ3v) is 2.24. The van der Waals surface area contributed by atoms with Crippen LogP contribution in [0.25, 0.3) is 0 Å². The summed E-state index contributed by atoms with van der Waals surface area (Å²) in [5.41, 5.74) is 2.54. The summed E-state index contributed by atoms with van der Waals surface area (Å²) in [6, 6.07) is 0. The van der Waals surface area contributed by atoms with Crippen LogP contribution in [0.1, 0.15) is 20.3 Å². The van der Waals surface area contributed by atoms with Crippen LogP contribution in [0, 0.1) is 11.8 Å². The first-order chi connectivity index (χ1) is 5.77. The van der Waals surface area contributed by atoms with Crippen LogP contribution < -0.4 is 16.6 Å². The summed E-state index contributed by atoms with van der Waals surface area (Å²) < 4.78 is 0. The molecule has 0 spiro atoms. The zero-order valence-corrected chi connectivity index (χ0v) is 7.80. The lowest BCUT2D eigenvalue weighted by atomic mass is 10.3. The Kier molecular flexibility index (Phi) is 3.34. The Bertz CT molecular complexity index is 166. The molecule has 0 amide bonds. The average molecular weight is 170 g/mol. The van der Waals surface area contributed by atoms with Gasteiger partial charge in [-0.1, -0.05) is 6.92 Å². The fourth-order valence-electron chi connectivity index (χ4n) is 1.18. The van der Waals surface area contributed by atoms with Crippen molar-refractivity contribution in [2.24, 2.45) is 22.7 Å². The molecule has 70 valence electrons. The fourth-order valence-corrected chi connectivity index (χ4v) is 1.18. The highest BCUT2D eigenvalue weighted by Crippen LogP contribution is 2.37. The van der Waals surface area contributed by atoms with Crippen LogP contribution in [0.5, 0.6) is 0 Å². The van der Waals surface area contributed by atoms with Crippen molar-refractivity contribution in [3.63, 3.8) is 0 Å². The Balaban J connectivity index is 2.22. The van der Waals surface area contributed by atoms with E-state index in [1.165, 1.54) is 6.42 Å². The summed E-state index contributed by atoms with van der Waals surface area (Å²) in [5.74, 6) is 7.60. The third-order valence-electron chi connectivity index (χ3n) is 2.24. The molecule has 12 heavy (non-hydrogen) atoms. The van der Waals surface area contributed by atoms with Crippen LogP contribution in [0.2, 0.25) is 0 Å². The van der Waals surface area contributed by atoms with Crippen LogP contribution in [-0.2, 0) is 0 Å². The van der Waals surface area contributed by atoms with E-state index in [4.69, 9.17) is 5.84 Å². The van der Waals surface area contributed by atoms with E-state index in [1.807, 2.05) is 6.92 Å². The summed E-state index contributed by atoms with van der Waals surface area (Å²) in [6.45, 7) is 6.02. The van der Waals surface area contributed by atoms with E-state index in [1.54, 1.807) is 0 Å². The highest BCUT2D eigenvalue weighted by atomic mass is 15.3. The molecule has 2 unspecified atom stereocenters. The van der Waals surface area contributed by atoms with Gasteiger partial charge in [0.1, 0.15) is 0 Å². The van der Waals surface area contributed by atoms with Gasteiger partial charge in [-0.05, 0) is 25.2 Å². The first kappa shape index (κ1) is 9.32. The maximum absolute atomic E-state index is 5.26. The van der Waals surface area contributed by atoms with Gasteiger partial charge < -0.3 is 5.32 Å². The molecule has 4 heteroatoms. The molecular weight excluding hydrogens is 152 g/mol. The van der Waals surface area contributed by atoms with Crippen LogP contribution in [-0.4, -0.2) is 19.0 Å². The van der Waals surface area contributed by atoms with Gasteiger partial charge in [-0.2, -0.15) is 0 Å². The van der Waals surface area contributed by atoms with Crippen LogP contribution in [0.4, 0.5) is 0 Å². The van der Waals surface area contributed by atoms with Crippen molar-refractivity contribution in [2.75, 3.05) is 13.1 Å². The minimum absolute atomic E-state index is 0.705. The molecule has 0 aliphatic heterocycles. The molecule has 2 atom stereocenters. The number of hydrogen-bond donors (Lipinski definition) is 3. The average Bonchev–Trinajstić information content (AvgIpc) is 2.76. The van der Waals surface area contributed by atoms with Gasteiger partial charge in [0, 0.05) is 13.1 Å². The predicted octanol–water partition coefficient (Wildman–Crippen LogP) is 0.0712. The molecule has 0 bridgehead atoms. The second-order valence-corrected chi connectivity index (χ2v) is 3.34. The molecule has 4 nitrogen and oxygen atoms in total. The first-order valence-corrected chi connectivity index (χ1v) is 4.52. The van der Waals surface area contributed by atoms with Crippen LogP contribution >= 0.6 is 0 Å². The van der Waals surface area contributed by atoms with Crippen molar-refractivity contribution in [2.45, 2.75) is 20.3 Å². The number of guanidine groups is 1. The molecule has 0 saturated heterocycles. The molecule has 0 radical (unpaired) electrons. The van der Waals surface area contributed by atoms with Crippen molar-refractivity contribution in [1.82, 2.24) is 10.7 Å². The second-order valence-electron chi connectivity index (χ2n) is 3.34. The molecule has 0 aromatic rings. The van der Waals surface area contributed by atoms with Crippen molar-refractivity contribution in [1.29, 1.82) is 0 Å². The highest BCUT2D eigenvalue weighted by molar-refractivity contribution is 5.79. The largest absolute Gasteiger partial charge is 0.356 e. The van der Waals surface area contributed by atoms with Gasteiger partial charge in [0.05, 0.1) is 0 Å². The van der Waals surface area contributed by atoms with Crippen molar-refractivity contribution < 1.29 is 0 Å². The second kappa shape index (κ2) is 4.30. The standard InChI is InChI=1S/C8H18N4/c1-3-10-8(12-9)11-5-7-4-6(7)2/h6-7H,3-5,9H2,1-2H3,(H2,10,11,12). The Morgan fingerprint density at radius 1 is 1.67 bits per heavy atom. The molecule has 1 fully saturated rings. The quantitative estimate of drug-likeness (QED) is 0.243. The summed E-state index contributed by atoms with van der Waals surface area (Å²) in [6.07, 6.45) is 1.31. The number of nitrogens with one attached hydrogen (secondary N) is 2. The number of rotatable bonds is 3. The molecule has 1 aliphatic rings. The van der Waals surface area contributed by atoms with Crippen molar-refractivity contribution in [3.05, 3.63) is 0 Å². The van der Waals surface area contributed by atoms with E-state index < -0.39 is 0 Å². The van der Waals surface area contributed by atoms with Crippen molar-refractivity contribution >= 4 is 5.96 Å². The molecular formula is C8H18N4. The summed E-state index contributed by atoms with van der Waals surface area (Å²) in [4.78, 5) is 4.31. The lowest BCUT2D eigenvalue weighted by Crippen LogP contribution is -2.41. The molecule has 0 aromatic carbocycles. The lowest BCUT2D eigenvalue weighted by Gasteiger charge is -2.05. The molecule has 1 saturated carbocycles. The van der Waals surface area contributed by atoms with E-state index in [-0.39, 0.29) is 0 Å². The maximum atomic E-state index is 5.26. The maximum Gasteiger partial charge on any atom is 0.205 e. The minimum Gasteiger partial charge on any atom is -0.356 e. The van der Waals surface area contributed by atoms with Crippen LogP contribution in [0.3, 0.4) is 0 Å². The zero-order chi connectivity index (χ0) is 8.97. The minimum atomic E-state index is 0.705. The van der Waals surface area contributed by atoms with Gasteiger partial charge in [0.25, 0.3) is 0 Å². The molecule has 0 aromatic heterocycles. The highest BCUT2D eigenvalue weighted by Gasteiger charge is 2.31. The van der Waals surface area contributed by atoms with Gasteiger partial charge in [-0.15, -0.1) is 0 Å². The van der Waals surface area contributed by atoms with E-state index in [0.29, 0.717) is 5.96 Å². The molecule has 1 aliphatic carbocycles. The number of nitrogens with two attached hydrogens (primary N) is 1. The number of aliphatic imine (C=N–C) groups is 1. The predicted molar refractivity (Wildman–Crippen MR) is 50.6 cm³/mol. The van der Waals surface area contributed by atoms with Gasteiger partial charge in [0.15, 0.2) is 0 Å². The first-order valence-electron chi connectivity index (χ1n) is 4.52. The summed E-state index contributed by atoms with van der Waals surface area (Å²) in [7, 11) is 0. The van der Waals surface area contributed by atoms with Gasteiger partial charge in [0.2, 0.25) is 5.96 Å². The Hall–Kier alpha value is -0.770. The molecule has 4 N–H and O–H groups in total. The normalized spacial score (nSPS) is 28.4. The van der Waals surface area contributed by atoms with E-state index in [0.717, 1.165) is 24.9 Å². The smallest absolute Gasteiger partial charge is 0.205 e. The van der Waals surface area contributed by atoms with Crippen molar-refractivity contribution in [3.8, 4) is 0 Å². The number of nitrogens with zero attached hydrogens (tertiary/aromatic N) is 1. The Morgan fingerprint density at radius 3 is 2.75 bits per heavy atom. The van der Waals surface area contributed by atoms with Crippen LogP contribution in [0.15, 0.2) is 4.99 Å². The van der Waals surface area contributed by atoms with E-state index in [9.17, 15) is 0 Å². The fraction of sp³-hybridized carbons (Fsp3) is 0.875. The third kappa shape index (κ3) is 2.70. The van der Waals surface area contributed by atoms with E-state index >= 15 is 0 Å². The van der Waals surface area contributed by atoms with Gasteiger partial charge in [-0.25, -0.2) is 5.84 Å². The topological polar surface area (TPSA) is 62.4 Å². The zero-order valence-electron chi connectivity index (χ0n) is 7.80. The summed E-state index contributed by atoms with van der Waals surface area (Å²) >= 11 is 0. The van der Waals surface area contributed by atoms with Gasteiger partial charge in [-0.3, -0.25) is 10.4 Å². The molecule has 0 heterocycles. The number of hydrazine groups is 1. The van der Waals surface area contributed by atoms with E-state index in [2.05, 4.69) is 22.7 Å². The Morgan fingerprint density at radius 2 is 2.33 bits per heavy atom. The number of hydrogen-bond acceptors (Lipinski definition) is 2. The Labute approximate surface area is 73.6 Å². The SMILES string of the molecule is CCNC(=NCC1CC1C)NN. The molecule has 1 rings (SSSR count). The lowest BCUT2D eigenvalue weighted by molar-refractivity contribution is 0.746.